The third kappa shape index (κ3) is 9.85. The topological polar surface area (TPSA) is 0 Å². The fourth-order valence-electron chi connectivity index (χ4n) is 8.78. The number of rotatable bonds is 6. The van der Waals surface area contributed by atoms with Gasteiger partial charge in [0, 0.05) is 3.57 Å². The summed E-state index contributed by atoms with van der Waals surface area (Å²) in [5, 5.41) is 0. The highest BCUT2D eigenvalue weighted by Crippen LogP contribution is 2.56. The highest BCUT2D eigenvalue weighted by Gasteiger charge is 2.31. The summed E-state index contributed by atoms with van der Waals surface area (Å²) in [5.74, 6) is 0. The Morgan fingerprint density at radius 2 is 0.333 bits per heavy atom. The molecule has 0 unspecified atom stereocenters. The molecular weight excluding hydrogens is 872 g/mol. The molecule has 0 atom stereocenters. The first-order chi connectivity index (χ1) is 29.3. The molecule has 0 aliphatic rings. The van der Waals surface area contributed by atoms with Crippen LogP contribution in [0.2, 0.25) is 0 Å². The van der Waals surface area contributed by atoms with Crippen LogP contribution in [0.3, 0.4) is 0 Å². The van der Waals surface area contributed by atoms with Crippen molar-refractivity contribution in [2.24, 2.45) is 0 Å². The SMILES string of the molecule is CC(C)(C)c1ccc(-c2c(-c3ccc(I)cc3)c(-c3ccc(C(C)(C)C)cc3)c(-c3ccc(C(C)(C)C)cc3)c(-c3ccc(C(C)(C)C)cc3)c2-c2ccc(C(C)(C)C)cc2)cc1. The van der Waals surface area contributed by atoms with E-state index in [1.165, 1.54) is 98.1 Å². The molecular formula is C62H69I. The fraction of sp³-hybridized carbons (Fsp3) is 0.323. The molecule has 0 N–H and O–H groups in total. The van der Waals surface area contributed by atoms with Crippen LogP contribution in [-0.4, -0.2) is 0 Å². The van der Waals surface area contributed by atoms with Crippen molar-refractivity contribution in [2.45, 2.75) is 131 Å². The summed E-state index contributed by atoms with van der Waals surface area (Å²) >= 11 is 2.45. The molecule has 0 aliphatic heterocycles. The lowest BCUT2D eigenvalue weighted by Crippen LogP contribution is -2.11. The van der Waals surface area contributed by atoms with Crippen LogP contribution in [0.4, 0.5) is 0 Å². The third-order valence-electron chi connectivity index (χ3n) is 12.8. The van der Waals surface area contributed by atoms with Crippen LogP contribution >= 0.6 is 22.6 Å². The molecule has 0 fully saturated rings. The van der Waals surface area contributed by atoms with Crippen molar-refractivity contribution in [3.63, 3.8) is 0 Å². The summed E-state index contributed by atoms with van der Waals surface area (Å²) in [6.45, 7) is 34.6. The first kappa shape index (κ1) is 46.3. The summed E-state index contributed by atoms with van der Waals surface area (Å²) in [7, 11) is 0. The average Bonchev–Trinajstić information content (AvgIpc) is 3.22. The molecule has 0 saturated heterocycles. The van der Waals surface area contributed by atoms with E-state index in [9.17, 15) is 0 Å². The Balaban J connectivity index is 1.79. The fourth-order valence-corrected chi connectivity index (χ4v) is 9.14. The smallest absolute Gasteiger partial charge is 0.0130 e. The molecule has 63 heavy (non-hydrogen) atoms. The molecule has 0 bridgehead atoms. The molecule has 0 aliphatic carbocycles. The molecule has 0 spiro atoms. The maximum atomic E-state index is 2.45. The van der Waals surface area contributed by atoms with E-state index in [0.29, 0.717) is 0 Å². The zero-order valence-electron chi connectivity index (χ0n) is 40.7. The number of hydrogen-bond acceptors (Lipinski definition) is 0. The van der Waals surface area contributed by atoms with Crippen LogP contribution in [0.5, 0.6) is 0 Å². The van der Waals surface area contributed by atoms with Crippen molar-refractivity contribution < 1.29 is 0 Å². The van der Waals surface area contributed by atoms with E-state index in [2.05, 4.69) is 272 Å². The summed E-state index contributed by atoms with van der Waals surface area (Å²) in [5.41, 5.74) is 21.5. The Bertz CT molecular complexity index is 2550. The zero-order chi connectivity index (χ0) is 45.9. The summed E-state index contributed by atoms with van der Waals surface area (Å²) in [6, 6.07) is 56.6. The van der Waals surface area contributed by atoms with Gasteiger partial charge in [0.15, 0.2) is 0 Å². The number of halogens is 1. The van der Waals surface area contributed by atoms with Crippen LogP contribution in [0.15, 0.2) is 146 Å². The minimum Gasteiger partial charge on any atom is -0.0579 e. The van der Waals surface area contributed by atoms with Gasteiger partial charge in [-0.25, -0.2) is 0 Å². The summed E-state index contributed by atoms with van der Waals surface area (Å²) in [4.78, 5) is 0. The van der Waals surface area contributed by atoms with Gasteiger partial charge in [-0.2, -0.15) is 0 Å². The molecule has 7 aromatic carbocycles. The molecule has 0 nitrogen and oxygen atoms in total. The van der Waals surface area contributed by atoms with E-state index in [1.54, 1.807) is 0 Å². The number of benzene rings is 7. The molecule has 1 heteroatoms. The van der Waals surface area contributed by atoms with Crippen molar-refractivity contribution in [1.29, 1.82) is 0 Å². The van der Waals surface area contributed by atoms with Gasteiger partial charge in [0.2, 0.25) is 0 Å². The third-order valence-corrected chi connectivity index (χ3v) is 13.6. The van der Waals surface area contributed by atoms with E-state index in [-0.39, 0.29) is 27.1 Å². The number of hydrogen-bond donors (Lipinski definition) is 0. The second kappa shape index (κ2) is 17.0. The average molecular weight is 941 g/mol. The molecule has 0 radical (unpaired) electrons. The van der Waals surface area contributed by atoms with Crippen molar-refractivity contribution in [3.8, 4) is 66.8 Å². The maximum absolute atomic E-state index is 2.45. The quantitative estimate of drug-likeness (QED) is 0.146. The van der Waals surface area contributed by atoms with Gasteiger partial charge in [0.25, 0.3) is 0 Å². The van der Waals surface area contributed by atoms with Gasteiger partial charge >= 0.3 is 0 Å². The van der Waals surface area contributed by atoms with Crippen LogP contribution in [-0.2, 0) is 27.1 Å². The lowest BCUT2D eigenvalue weighted by Gasteiger charge is -2.30. The Morgan fingerprint density at radius 3 is 0.460 bits per heavy atom. The largest absolute Gasteiger partial charge is 0.0579 e. The Labute approximate surface area is 394 Å². The van der Waals surface area contributed by atoms with E-state index < -0.39 is 0 Å². The Morgan fingerprint density at radius 1 is 0.206 bits per heavy atom. The van der Waals surface area contributed by atoms with E-state index in [0.717, 1.165) is 0 Å². The predicted molar refractivity (Wildman–Crippen MR) is 285 cm³/mol. The zero-order valence-corrected chi connectivity index (χ0v) is 42.9. The van der Waals surface area contributed by atoms with Crippen LogP contribution in [0.1, 0.15) is 132 Å². The van der Waals surface area contributed by atoms with E-state index in [4.69, 9.17) is 0 Å². The van der Waals surface area contributed by atoms with Gasteiger partial charge in [0.05, 0.1) is 0 Å². The maximum Gasteiger partial charge on any atom is 0.0130 e. The van der Waals surface area contributed by atoms with Crippen molar-refractivity contribution >= 4 is 22.6 Å². The second-order valence-corrected chi connectivity index (χ2v) is 24.1. The van der Waals surface area contributed by atoms with E-state index >= 15 is 0 Å². The standard InChI is InChI=1S/C62H69I/c1-58(2,3)46-28-16-40(17-29-46)52-53(41-18-30-47(31-19-41)59(4,5)6)55(43-22-34-49(35-23-43)61(10,11)12)57(45-26-38-51(63)39-27-45)56(44-24-36-50(37-25-44)62(13,14)15)54(52)42-20-32-48(33-21-42)60(7,8)9/h16-39H,1-15H3. The lowest BCUT2D eigenvalue weighted by molar-refractivity contribution is 0.590. The minimum absolute atomic E-state index is 0.0182. The normalized spacial score (nSPS) is 12.8. The van der Waals surface area contributed by atoms with Crippen molar-refractivity contribution in [1.82, 2.24) is 0 Å². The first-order valence-corrected chi connectivity index (χ1v) is 23.9. The van der Waals surface area contributed by atoms with Gasteiger partial charge < -0.3 is 0 Å². The summed E-state index contributed by atoms with van der Waals surface area (Å²) in [6.07, 6.45) is 0. The second-order valence-electron chi connectivity index (χ2n) is 22.9. The van der Waals surface area contributed by atoms with Crippen LogP contribution in [0, 0.1) is 3.57 Å². The highest BCUT2D eigenvalue weighted by atomic mass is 127. The van der Waals surface area contributed by atoms with Crippen molar-refractivity contribution in [3.05, 3.63) is 177 Å². The van der Waals surface area contributed by atoms with Gasteiger partial charge in [-0.3, -0.25) is 0 Å². The molecule has 0 heterocycles. The predicted octanol–water partition coefficient (Wildman–Crippen LogP) is 18.8. The molecule has 0 amide bonds. The Hall–Kier alpha value is -4.73. The Kier molecular flexibility index (Phi) is 12.5. The summed E-state index contributed by atoms with van der Waals surface area (Å²) < 4.78 is 1.22. The molecule has 324 valence electrons. The minimum atomic E-state index is 0.0182. The monoisotopic (exact) mass is 940 g/mol. The lowest BCUT2D eigenvalue weighted by atomic mass is 9.73. The molecule has 0 saturated carbocycles. The molecule has 7 aromatic rings. The highest BCUT2D eigenvalue weighted by molar-refractivity contribution is 14.1. The van der Waals surface area contributed by atoms with Crippen LogP contribution < -0.4 is 0 Å². The van der Waals surface area contributed by atoms with Gasteiger partial charge in [-0.1, -0.05) is 237 Å². The van der Waals surface area contributed by atoms with Gasteiger partial charge in [-0.15, -0.1) is 0 Å². The molecule has 7 rings (SSSR count). The first-order valence-electron chi connectivity index (χ1n) is 22.9. The van der Waals surface area contributed by atoms with Crippen LogP contribution in [0.25, 0.3) is 66.8 Å². The van der Waals surface area contributed by atoms with Gasteiger partial charge in [0.1, 0.15) is 0 Å². The van der Waals surface area contributed by atoms with Gasteiger partial charge in [-0.05, 0) is 156 Å². The molecule has 0 aromatic heterocycles. The van der Waals surface area contributed by atoms with Crippen molar-refractivity contribution in [2.75, 3.05) is 0 Å². The van der Waals surface area contributed by atoms with E-state index in [1.807, 2.05) is 0 Å².